The topological polar surface area (TPSA) is 53.1 Å². The summed E-state index contributed by atoms with van der Waals surface area (Å²) in [6, 6.07) is 1.91. The molecule has 0 aromatic carbocycles. The highest BCUT2D eigenvalue weighted by Gasteiger charge is 2.62. The van der Waals surface area contributed by atoms with Gasteiger partial charge in [0.2, 0.25) is 5.92 Å². The molecule has 3 aliphatic rings. The number of hydrogen-bond donors (Lipinski definition) is 0. The first kappa shape index (κ1) is 26.8. The van der Waals surface area contributed by atoms with Gasteiger partial charge in [0.25, 0.3) is 0 Å². The van der Waals surface area contributed by atoms with Crippen molar-refractivity contribution in [3.05, 3.63) is 12.3 Å². The first-order valence-electron chi connectivity index (χ1n) is 12.6. The number of nitrogens with zero attached hydrogens (tertiary/aromatic N) is 2. The van der Waals surface area contributed by atoms with E-state index in [0.29, 0.717) is 37.9 Å². The van der Waals surface area contributed by atoms with Gasteiger partial charge in [0.05, 0.1) is 17.8 Å². The van der Waals surface area contributed by atoms with Gasteiger partial charge < -0.3 is 23.4 Å². The molecule has 4 rings (SSSR count). The Hall–Kier alpha value is -1.23. The van der Waals surface area contributed by atoms with Gasteiger partial charge in [0.15, 0.2) is 19.9 Å². The molecule has 3 fully saturated rings. The van der Waals surface area contributed by atoms with E-state index in [0.717, 1.165) is 5.46 Å². The van der Waals surface area contributed by atoms with Crippen LogP contribution in [0.4, 0.5) is 14.6 Å². The van der Waals surface area contributed by atoms with Crippen LogP contribution in [0.25, 0.3) is 0 Å². The zero-order chi connectivity index (χ0) is 26.1. The van der Waals surface area contributed by atoms with Crippen molar-refractivity contribution in [2.45, 2.75) is 96.6 Å². The van der Waals surface area contributed by atoms with Crippen molar-refractivity contribution in [3.8, 4) is 5.75 Å². The standard InChI is InChI=1S/C25H41BF2N2O4Si/c1-21(2,3)35(8,9)32-11-10-31-19-12-18(26-33-22(4,5)23(6,7)34-26)13-29-20(19)30-16-24(17-30)14-25(27,28)15-24/h12-13H,10-11,14-17H2,1-9H3. The van der Waals surface area contributed by atoms with E-state index in [-0.39, 0.29) is 23.3 Å². The van der Waals surface area contributed by atoms with Gasteiger partial charge in [-0.2, -0.15) is 0 Å². The van der Waals surface area contributed by atoms with Crippen LogP contribution in [-0.2, 0) is 13.7 Å². The molecule has 10 heteroatoms. The summed E-state index contributed by atoms with van der Waals surface area (Å²) in [5.74, 6) is -1.24. The molecule has 2 aliphatic heterocycles. The molecule has 1 aromatic heterocycles. The minimum absolute atomic E-state index is 0.0426. The maximum Gasteiger partial charge on any atom is 0.496 e. The second-order valence-electron chi connectivity index (χ2n) is 13.2. The lowest BCUT2D eigenvalue weighted by Gasteiger charge is -2.59. The lowest BCUT2D eigenvalue weighted by Crippen LogP contribution is -2.66. The highest BCUT2D eigenvalue weighted by atomic mass is 28.4. The molecule has 2 saturated heterocycles. The van der Waals surface area contributed by atoms with E-state index >= 15 is 0 Å². The van der Waals surface area contributed by atoms with Crippen LogP contribution < -0.4 is 15.1 Å². The fraction of sp³-hybridized carbons (Fsp3) is 0.800. The molecule has 1 aliphatic carbocycles. The van der Waals surface area contributed by atoms with E-state index < -0.39 is 32.6 Å². The number of aromatic nitrogens is 1. The van der Waals surface area contributed by atoms with Crippen molar-refractivity contribution in [1.29, 1.82) is 0 Å². The molecule has 3 heterocycles. The SMILES string of the molecule is CC1(C)OB(c2cnc(N3CC4(C3)CC(F)(F)C4)c(OCCO[Si](C)(C)C(C)(C)C)c2)OC1(C)C. The van der Waals surface area contributed by atoms with E-state index in [1.165, 1.54) is 0 Å². The number of anilines is 1. The highest BCUT2D eigenvalue weighted by molar-refractivity contribution is 6.74. The molecule has 0 N–H and O–H groups in total. The van der Waals surface area contributed by atoms with Crippen LogP contribution in [0.1, 0.15) is 61.3 Å². The average Bonchev–Trinajstić information content (AvgIpc) is 2.87. The average molecular weight is 511 g/mol. The summed E-state index contributed by atoms with van der Waals surface area (Å²) in [7, 11) is -2.44. The minimum atomic E-state index is -2.53. The summed E-state index contributed by atoms with van der Waals surface area (Å²) in [5.41, 5.74) is -0.447. The van der Waals surface area contributed by atoms with Crippen molar-refractivity contribution in [2.75, 3.05) is 31.2 Å². The monoisotopic (exact) mass is 510 g/mol. The van der Waals surface area contributed by atoms with E-state index in [2.05, 4.69) is 38.8 Å². The second-order valence-corrected chi connectivity index (χ2v) is 18.0. The Morgan fingerprint density at radius 3 is 2.14 bits per heavy atom. The first-order valence-corrected chi connectivity index (χ1v) is 15.5. The predicted octanol–water partition coefficient (Wildman–Crippen LogP) is 5.02. The second kappa shape index (κ2) is 8.40. The Morgan fingerprint density at radius 2 is 1.63 bits per heavy atom. The number of pyridine rings is 1. The van der Waals surface area contributed by atoms with Gasteiger partial charge in [-0.05, 0) is 51.9 Å². The van der Waals surface area contributed by atoms with Gasteiger partial charge in [-0.15, -0.1) is 0 Å². The molecular formula is C25H41BF2N2O4Si. The molecule has 196 valence electrons. The Balaban J connectivity index is 1.48. The molecule has 0 amide bonds. The first-order chi connectivity index (χ1) is 15.9. The normalized spacial score (nSPS) is 24.3. The van der Waals surface area contributed by atoms with Gasteiger partial charge in [0.1, 0.15) is 6.61 Å². The zero-order valence-electron chi connectivity index (χ0n) is 22.8. The Kier molecular flexibility index (Phi) is 6.43. The van der Waals surface area contributed by atoms with Crippen molar-refractivity contribution in [1.82, 2.24) is 4.98 Å². The summed E-state index contributed by atoms with van der Waals surface area (Å²) in [5, 5.41) is 0.118. The number of hydrogen-bond acceptors (Lipinski definition) is 6. The molecule has 0 bridgehead atoms. The molecule has 1 saturated carbocycles. The summed E-state index contributed by atoms with van der Waals surface area (Å²) in [6.07, 6.45) is 1.66. The fourth-order valence-corrected chi connectivity index (χ4v) is 5.78. The number of halogens is 2. The van der Waals surface area contributed by atoms with E-state index in [1.807, 2.05) is 38.7 Å². The van der Waals surface area contributed by atoms with Crippen LogP contribution in [0.5, 0.6) is 5.75 Å². The highest BCUT2D eigenvalue weighted by Crippen LogP contribution is 2.57. The Labute approximate surface area is 210 Å². The zero-order valence-corrected chi connectivity index (χ0v) is 23.8. The maximum absolute atomic E-state index is 13.5. The largest absolute Gasteiger partial charge is 0.496 e. The van der Waals surface area contributed by atoms with Crippen molar-refractivity contribution >= 4 is 26.7 Å². The van der Waals surface area contributed by atoms with Gasteiger partial charge in [0, 0.05) is 43.0 Å². The van der Waals surface area contributed by atoms with E-state index in [4.69, 9.17) is 18.5 Å². The fourth-order valence-electron chi connectivity index (χ4n) is 4.75. The van der Waals surface area contributed by atoms with Crippen molar-refractivity contribution < 1.29 is 27.3 Å². The molecule has 1 aromatic rings. The van der Waals surface area contributed by atoms with Gasteiger partial charge in [-0.3, -0.25) is 0 Å². The molecule has 6 nitrogen and oxygen atoms in total. The summed E-state index contributed by atoms with van der Waals surface area (Å²) < 4.78 is 51.9. The van der Waals surface area contributed by atoms with Crippen LogP contribution >= 0.6 is 0 Å². The minimum Gasteiger partial charge on any atom is -0.487 e. The van der Waals surface area contributed by atoms with E-state index in [1.54, 1.807) is 6.20 Å². The number of alkyl halides is 2. The maximum atomic E-state index is 13.5. The molecule has 1 spiro atoms. The molecular weight excluding hydrogens is 469 g/mol. The quantitative estimate of drug-likeness (QED) is 0.380. The molecule has 0 radical (unpaired) electrons. The third-order valence-electron chi connectivity index (χ3n) is 8.61. The summed E-state index contributed by atoms with van der Waals surface area (Å²) >= 11 is 0. The Bertz CT molecular complexity index is 935. The smallest absolute Gasteiger partial charge is 0.487 e. The number of ether oxygens (including phenoxy) is 1. The lowest BCUT2D eigenvalue weighted by molar-refractivity contribution is -0.170. The van der Waals surface area contributed by atoms with Crippen LogP contribution in [0.2, 0.25) is 18.1 Å². The van der Waals surface area contributed by atoms with Gasteiger partial charge in [-0.25, -0.2) is 13.8 Å². The van der Waals surface area contributed by atoms with Crippen molar-refractivity contribution in [2.24, 2.45) is 5.41 Å². The third kappa shape index (κ3) is 5.13. The van der Waals surface area contributed by atoms with Crippen molar-refractivity contribution in [3.63, 3.8) is 0 Å². The summed E-state index contributed by atoms with van der Waals surface area (Å²) in [4.78, 5) is 6.72. The van der Waals surface area contributed by atoms with Crippen LogP contribution in [0, 0.1) is 5.41 Å². The summed E-state index contributed by atoms with van der Waals surface area (Å²) in [6.45, 7) is 21.1. The molecule has 35 heavy (non-hydrogen) atoms. The van der Waals surface area contributed by atoms with Gasteiger partial charge >= 0.3 is 7.12 Å². The Morgan fingerprint density at radius 1 is 1.06 bits per heavy atom. The van der Waals surface area contributed by atoms with Crippen LogP contribution in [-0.4, -0.2) is 63.8 Å². The van der Waals surface area contributed by atoms with Gasteiger partial charge in [-0.1, -0.05) is 20.8 Å². The lowest BCUT2D eigenvalue weighted by atomic mass is 9.61. The van der Waals surface area contributed by atoms with E-state index in [9.17, 15) is 8.78 Å². The van der Waals surface area contributed by atoms with Crippen LogP contribution in [0.15, 0.2) is 12.3 Å². The molecule has 0 atom stereocenters. The molecule has 0 unspecified atom stereocenters. The predicted molar refractivity (Wildman–Crippen MR) is 137 cm³/mol. The third-order valence-corrected chi connectivity index (χ3v) is 13.1. The van der Waals surface area contributed by atoms with Crippen LogP contribution in [0.3, 0.4) is 0 Å². The number of rotatable bonds is 7.